The first kappa shape index (κ1) is 25.2. The Labute approximate surface area is 237 Å². The molecule has 8 rings (SSSR count). The van der Waals surface area contributed by atoms with Gasteiger partial charge in [0.05, 0.1) is 25.2 Å². The molecule has 3 heteroatoms. The number of ether oxygens (including phenoxy) is 1. The molecule has 0 amide bonds. The van der Waals surface area contributed by atoms with Gasteiger partial charge in [-0.3, -0.25) is 4.98 Å². The van der Waals surface area contributed by atoms with Crippen LogP contribution in [0.3, 0.4) is 0 Å². The first-order valence-electron chi connectivity index (χ1n) is 14.6. The fourth-order valence-corrected chi connectivity index (χ4v) is 7.90. The number of pyridine rings is 1. The quantitative estimate of drug-likeness (QED) is 0.115. The van der Waals surface area contributed by atoms with Gasteiger partial charge in [-0.05, 0) is 51.2 Å². The molecule has 0 spiro atoms. The summed E-state index contributed by atoms with van der Waals surface area (Å²) in [4.78, 5) is 4.68. The van der Waals surface area contributed by atoms with E-state index in [1.54, 1.807) is 0 Å². The summed E-state index contributed by atoms with van der Waals surface area (Å²) in [6.07, 6.45) is 8.41. The van der Waals surface area contributed by atoms with E-state index in [2.05, 4.69) is 109 Å². The third-order valence-corrected chi connectivity index (χ3v) is 9.76. The van der Waals surface area contributed by atoms with E-state index in [0.717, 1.165) is 36.1 Å². The number of nitrogens with zero attached hydrogens (tertiary/aromatic N) is 2. The van der Waals surface area contributed by atoms with E-state index in [-0.39, 0.29) is 6.10 Å². The minimum Gasteiger partial charge on any atom is -0.363 e. The fraction of sp³-hybridized carbons (Fsp3) is 0.270. The number of fused-ring (bicyclic) bond motifs is 6. The molecule has 3 aliphatic heterocycles. The van der Waals surface area contributed by atoms with Gasteiger partial charge in [0, 0.05) is 35.9 Å². The molecule has 0 aliphatic carbocycles. The number of hydrogen-bond acceptors (Lipinski definition) is 2. The van der Waals surface area contributed by atoms with Crippen LogP contribution in [0.2, 0.25) is 0 Å². The van der Waals surface area contributed by atoms with Crippen LogP contribution in [-0.2, 0) is 11.3 Å². The molecule has 0 radical (unpaired) electrons. The highest BCUT2D eigenvalue weighted by molar-refractivity contribution is 6.02. The van der Waals surface area contributed by atoms with Gasteiger partial charge in [-0.2, -0.15) is 0 Å². The molecule has 3 fully saturated rings. The molecule has 40 heavy (non-hydrogen) atoms. The number of aromatic nitrogens is 1. The number of piperidine rings is 3. The number of quaternary nitrogens is 1. The first-order valence-corrected chi connectivity index (χ1v) is 14.6. The number of para-hydroxylation sites is 1. The molecule has 3 nitrogen and oxygen atoms in total. The van der Waals surface area contributed by atoms with Crippen LogP contribution in [0.4, 0.5) is 0 Å². The molecule has 1 aromatic heterocycles. The van der Waals surface area contributed by atoms with E-state index in [0.29, 0.717) is 24.5 Å². The standard InChI is InChI=1S/C37H37N2O/c1-3-21-40-37(33-17-19-38-35-16-10-9-15-32(33)35)36-23-27-18-20-39(36,24-26(27)4-2)25-34-30-13-7-5-11-28(30)22-29-12-6-8-14-31(29)34/h3-17,19,22,26-27,36-37H,1-2,18,20-21,23-25H2/q+1. The highest BCUT2D eigenvalue weighted by atomic mass is 16.5. The summed E-state index contributed by atoms with van der Waals surface area (Å²) in [5, 5.41) is 6.56. The second kappa shape index (κ2) is 10.3. The molecular weight excluding hydrogens is 488 g/mol. The van der Waals surface area contributed by atoms with E-state index >= 15 is 0 Å². The molecule has 3 saturated heterocycles. The minimum atomic E-state index is -0.0410. The number of benzene rings is 4. The Morgan fingerprint density at radius 3 is 2.33 bits per heavy atom. The van der Waals surface area contributed by atoms with Crippen molar-refractivity contribution >= 4 is 32.4 Å². The number of rotatable bonds is 8. The van der Waals surface area contributed by atoms with Crippen molar-refractivity contribution in [3.63, 3.8) is 0 Å². The lowest BCUT2D eigenvalue weighted by Crippen LogP contribution is -2.67. The van der Waals surface area contributed by atoms with Crippen LogP contribution in [0.15, 0.2) is 116 Å². The van der Waals surface area contributed by atoms with Gasteiger partial charge in [0.15, 0.2) is 0 Å². The third kappa shape index (κ3) is 4.16. The van der Waals surface area contributed by atoms with Gasteiger partial charge in [-0.25, -0.2) is 0 Å². The Bertz CT molecular complexity index is 1670. The average molecular weight is 526 g/mol. The average Bonchev–Trinajstić information content (AvgIpc) is 3.01. The SMILES string of the molecule is C=CCOC(c1ccnc2ccccc12)C1CC2CC[N+]1(Cc1c3ccccc3cc3ccccc13)CC2C=C. The molecule has 3 aliphatic rings. The van der Waals surface area contributed by atoms with Crippen molar-refractivity contribution in [1.82, 2.24) is 4.98 Å². The van der Waals surface area contributed by atoms with E-state index in [1.165, 1.54) is 44.5 Å². The fourth-order valence-electron chi connectivity index (χ4n) is 7.90. The van der Waals surface area contributed by atoms with E-state index in [1.807, 2.05) is 12.3 Å². The van der Waals surface area contributed by atoms with Gasteiger partial charge in [-0.15, -0.1) is 13.2 Å². The Kier molecular flexibility index (Phi) is 6.50. The van der Waals surface area contributed by atoms with Crippen molar-refractivity contribution in [1.29, 1.82) is 0 Å². The lowest BCUT2D eigenvalue weighted by atomic mass is 9.70. The van der Waals surface area contributed by atoms with Gasteiger partial charge >= 0.3 is 0 Å². The van der Waals surface area contributed by atoms with Crippen LogP contribution in [-0.4, -0.2) is 35.2 Å². The molecule has 5 atom stereocenters. The van der Waals surface area contributed by atoms with Gasteiger partial charge in [0.2, 0.25) is 0 Å². The highest BCUT2D eigenvalue weighted by Crippen LogP contribution is 2.50. The maximum atomic E-state index is 6.80. The van der Waals surface area contributed by atoms with Gasteiger partial charge < -0.3 is 9.22 Å². The Hall–Kier alpha value is -3.79. The predicted molar refractivity (Wildman–Crippen MR) is 166 cm³/mol. The van der Waals surface area contributed by atoms with Crippen molar-refractivity contribution in [3.8, 4) is 0 Å². The van der Waals surface area contributed by atoms with Gasteiger partial charge in [0.1, 0.15) is 18.7 Å². The van der Waals surface area contributed by atoms with Gasteiger partial charge in [0.25, 0.3) is 0 Å². The molecule has 5 unspecified atom stereocenters. The lowest BCUT2D eigenvalue weighted by Gasteiger charge is -2.58. The van der Waals surface area contributed by atoms with Crippen LogP contribution in [0, 0.1) is 11.8 Å². The molecule has 200 valence electrons. The van der Waals surface area contributed by atoms with Crippen molar-refractivity contribution in [2.75, 3.05) is 19.7 Å². The Morgan fingerprint density at radius 2 is 1.60 bits per heavy atom. The predicted octanol–water partition coefficient (Wildman–Crippen LogP) is 8.40. The molecule has 4 aromatic carbocycles. The zero-order valence-electron chi connectivity index (χ0n) is 23.1. The zero-order chi connectivity index (χ0) is 27.1. The van der Waals surface area contributed by atoms with E-state index < -0.39 is 0 Å². The monoisotopic (exact) mass is 525 g/mol. The van der Waals surface area contributed by atoms with Crippen LogP contribution >= 0.6 is 0 Å². The van der Waals surface area contributed by atoms with E-state index in [9.17, 15) is 0 Å². The smallest absolute Gasteiger partial charge is 0.135 e. The van der Waals surface area contributed by atoms with Crippen molar-refractivity contribution in [2.24, 2.45) is 11.8 Å². The minimum absolute atomic E-state index is 0.0410. The third-order valence-electron chi connectivity index (χ3n) is 9.76. The summed E-state index contributed by atoms with van der Waals surface area (Å²) in [5.41, 5.74) is 3.74. The van der Waals surface area contributed by atoms with Crippen LogP contribution in [0.1, 0.15) is 30.1 Å². The normalized spacial score (nSPS) is 24.9. The maximum absolute atomic E-state index is 6.80. The lowest BCUT2D eigenvalue weighted by molar-refractivity contribution is -0.984. The van der Waals surface area contributed by atoms with Crippen molar-refractivity contribution in [2.45, 2.75) is 31.5 Å². The summed E-state index contributed by atoms with van der Waals surface area (Å²) in [6.45, 7) is 12.1. The Balaban J connectivity index is 1.41. The zero-order valence-corrected chi connectivity index (χ0v) is 23.1. The summed E-state index contributed by atoms with van der Waals surface area (Å²) in [5.74, 6) is 1.18. The second-order valence-electron chi connectivity index (χ2n) is 11.8. The Morgan fingerprint density at radius 1 is 0.900 bits per heavy atom. The topological polar surface area (TPSA) is 22.1 Å². The summed E-state index contributed by atoms with van der Waals surface area (Å²) in [7, 11) is 0. The van der Waals surface area contributed by atoms with Crippen LogP contribution in [0.5, 0.6) is 0 Å². The molecular formula is C37H37N2O+. The highest BCUT2D eigenvalue weighted by Gasteiger charge is 2.54. The largest absolute Gasteiger partial charge is 0.363 e. The molecule has 2 bridgehead atoms. The second-order valence-corrected chi connectivity index (χ2v) is 11.8. The molecule has 5 aromatic rings. The maximum Gasteiger partial charge on any atom is 0.135 e. The summed E-state index contributed by atoms with van der Waals surface area (Å²) >= 11 is 0. The van der Waals surface area contributed by atoms with Crippen molar-refractivity contribution in [3.05, 3.63) is 128 Å². The number of hydrogen-bond donors (Lipinski definition) is 0. The molecule has 0 N–H and O–H groups in total. The summed E-state index contributed by atoms with van der Waals surface area (Å²) < 4.78 is 7.81. The van der Waals surface area contributed by atoms with E-state index in [4.69, 9.17) is 4.74 Å². The van der Waals surface area contributed by atoms with Crippen LogP contribution < -0.4 is 0 Å². The van der Waals surface area contributed by atoms with Crippen molar-refractivity contribution < 1.29 is 9.22 Å². The summed E-state index contributed by atoms with van der Waals surface area (Å²) in [6, 6.07) is 31.2. The first-order chi connectivity index (χ1) is 19.7. The molecule has 4 heterocycles. The van der Waals surface area contributed by atoms with Gasteiger partial charge in [-0.1, -0.05) is 78.9 Å². The van der Waals surface area contributed by atoms with Crippen LogP contribution in [0.25, 0.3) is 32.4 Å². The molecule has 0 saturated carbocycles.